The van der Waals surface area contributed by atoms with Gasteiger partial charge in [-0.1, -0.05) is 0 Å². The van der Waals surface area contributed by atoms with Crippen LogP contribution in [0.5, 0.6) is 0 Å². The van der Waals surface area contributed by atoms with Crippen LogP contribution in [0.1, 0.15) is 12.8 Å². The van der Waals surface area contributed by atoms with Crippen LogP contribution in [0.15, 0.2) is 0 Å². The van der Waals surface area contributed by atoms with E-state index in [9.17, 15) is 31.5 Å². The molecule has 114 valence electrons. The van der Waals surface area contributed by atoms with Gasteiger partial charge < -0.3 is 5.32 Å². The summed E-state index contributed by atoms with van der Waals surface area (Å²) in [5.74, 6) is -12.1. The predicted octanol–water partition coefficient (Wildman–Crippen LogP) is 1.10. The lowest BCUT2D eigenvalue weighted by atomic mass is 10.2. The summed E-state index contributed by atoms with van der Waals surface area (Å²) in [6.07, 6.45) is 0.254. The van der Waals surface area contributed by atoms with Crippen LogP contribution in [-0.4, -0.2) is 17.9 Å². The van der Waals surface area contributed by atoms with Gasteiger partial charge >= 0.3 is 0 Å². The van der Waals surface area contributed by atoms with E-state index in [4.69, 9.17) is 0 Å². The van der Waals surface area contributed by atoms with Crippen LogP contribution < -0.4 is 16.2 Å². The fourth-order valence-electron chi connectivity index (χ4n) is 1.74. The van der Waals surface area contributed by atoms with E-state index in [2.05, 4.69) is 5.32 Å². The highest BCUT2D eigenvalue weighted by Crippen LogP contribution is 2.26. The molecule has 0 aliphatic carbocycles. The second-order valence-corrected chi connectivity index (χ2v) is 4.22. The Hall–Kier alpha value is -2.39. The Kier molecular flexibility index (Phi) is 3.96. The molecule has 0 aromatic heterocycles. The minimum Gasteiger partial charge on any atom is -0.344 e. The summed E-state index contributed by atoms with van der Waals surface area (Å²) in [4.78, 5) is 22.4. The lowest BCUT2D eigenvalue weighted by Gasteiger charge is -2.14. The standard InChI is InChI=1S/C11H8F5N3O2/c12-5-6(13)8(15)10(9(16)7(5)14)18-19-11(21)3-1-2-4(20)17-3/h3,18H,1-2H2,(H,17,20)(H,19,21). The molecule has 1 atom stereocenters. The lowest BCUT2D eigenvalue weighted by Crippen LogP contribution is -2.44. The average molecular weight is 309 g/mol. The molecule has 3 N–H and O–H groups in total. The minimum atomic E-state index is -2.30. The highest BCUT2D eigenvalue weighted by atomic mass is 19.2. The highest BCUT2D eigenvalue weighted by Gasteiger charge is 2.29. The van der Waals surface area contributed by atoms with Gasteiger partial charge in [-0.05, 0) is 6.42 Å². The number of nitrogens with one attached hydrogen (secondary N) is 3. The van der Waals surface area contributed by atoms with Crippen LogP contribution >= 0.6 is 0 Å². The van der Waals surface area contributed by atoms with Crippen LogP contribution in [-0.2, 0) is 9.59 Å². The Bertz CT molecular complexity index is 593. The van der Waals surface area contributed by atoms with Gasteiger partial charge in [-0.25, -0.2) is 22.0 Å². The van der Waals surface area contributed by atoms with E-state index < -0.39 is 46.7 Å². The summed E-state index contributed by atoms with van der Waals surface area (Å²) in [5.41, 5.74) is 2.03. The molecular formula is C11H8F5N3O2. The van der Waals surface area contributed by atoms with Gasteiger partial charge in [0.2, 0.25) is 11.7 Å². The van der Waals surface area contributed by atoms with Crippen molar-refractivity contribution in [2.75, 3.05) is 5.43 Å². The number of carbonyl (C=O) groups excluding carboxylic acids is 2. The Morgan fingerprint density at radius 3 is 2.00 bits per heavy atom. The fourth-order valence-corrected chi connectivity index (χ4v) is 1.74. The molecule has 1 unspecified atom stereocenters. The van der Waals surface area contributed by atoms with Crippen molar-refractivity contribution in [3.63, 3.8) is 0 Å². The molecule has 1 aliphatic rings. The van der Waals surface area contributed by atoms with Crippen molar-refractivity contribution in [1.29, 1.82) is 0 Å². The quantitative estimate of drug-likeness (QED) is 0.339. The van der Waals surface area contributed by atoms with E-state index in [0.717, 1.165) is 0 Å². The van der Waals surface area contributed by atoms with E-state index in [1.165, 1.54) is 0 Å². The van der Waals surface area contributed by atoms with Crippen molar-refractivity contribution < 1.29 is 31.5 Å². The number of hydrazine groups is 1. The maximum absolute atomic E-state index is 13.3. The first-order valence-electron chi connectivity index (χ1n) is 5.69. The fraction of sp³-hybridized carbons (Fsp3) is 0.273. The number of carbonyl (C=O) groups is 2. The van der Waals surface area contributed by atoms with Crippen molar-refractivity contribution in [1.82, 2.24) is 10.7 Å². The van der Waals surface area contributed by atoms with Crippen LogP contribution in [0.2, 0.25) is 0 Å². The van der Waals surface area contributed by atoms with Gasteiger partial charge in [-0.15, -0.1) is 0 Å². The molecule has 1 heterocycles. The minimum absolute atomic E-state index is 0.0978. The molecule has 0 bridgehead atoms. The van der Waals surface area contributed by atoms with E-state index in [-0.39, 0.29) is 18.7 Å². The lowest BCUT2D eigenvalue weighted by molar-refractivity contribution is -0.125. The van der Waals surface area contributed by atoms with Gasteiger partial charge in [-0.3, -0.25) is 20.4 Å². The van der Waals surface area contributed by atoms with Crippen molar-refractivity contribution in [3.05, 3.63) is 29.1 Å². The van der Waals surface area contributed by atoms with E-state index >= 15 is 0 Å². The number of benzene rings is 1. The third kappa shape index (κ3) is 2.73. The monoisotopic (exact) mass is 309 g/mol. The molecule has 0 spiro atoms. The third-order valence-electron chi connectivity index (χ3n) is 2.83. The molecular weight excluding hydrogens is 301 g/mol. The highest BCUT2D eigenvalue weighted by molar-refractivity contribution is 5.91. The van der Waals surface area contributed by atoms with Gasteiger partial charge in [0.25, 0.3) is 5.91 Å². The summed E-state index contributed by atoms with van der Waals surface area (Å²) in [6.45, 7) is 0. The third-order valence-corrected chi connectivity index (χ3v) is 2.83. The first-order valence-corrected chi connectivity index (χ1v) is 5.69. The number of hydrogen-bond acceptors (Lipinski definition) is 3. The molecule has 1 aromatic carbocycles. The summed E-state index contributed by atoms with van der Waals surface area (Å²) < 4.78 is 65.2. The topological polar surface area (TPSA) is 70.2 Å². The number of rotatable bonds is 3. The molecule has 10 heteroatoms. The van der Waals surface area contributed by atoms with Crippen LogP contribution in [0, 0.1) is 29.1 Å². The number of hydrogen-bond donors (Lipinski definition) is 3. The summed E-state index contributed by atoms with van der Waals surface area (Å²) >= 11 is 0. The van der Waals surface area contributed by atoms with Gasteiger partial charge in [0.1, 0.15) is 11.7 Å². The molecule has 1 aliphatic heterocycles. The van der Waals surface area contributed by atoms with E-state index in [0.29, 0.717) is 0 Å². The van der Waals surface area contributed by atoms with Crippen molar-refractivity contribution in [3.8, 4) is 0 Å². The molecule has 5 nitrogen and oxygen atoms in total. The Balaban J connectivity index is 2.14. The van der Waals surface area contributed by atoms with E-state index in [1.54, 1.807) is 10.9 Å². The predicted molar refractivity (Wildman–Crippen MR) is 59.2 cm³/mol. The van der Waals surface area contributed by atoms with Crippen LogP contribution in [0.4, 0.5) is 27.6 Å². The van der Waals surface area contributed by atoms with Crippen LogP contribution in [0.25, 0.3) is 0 Å². The van der Waals surface area contributed by atoms with Gasteiger partial charge in [0.15, 0.2) is 23.3 Å². The average Bonchev–Trinajstić information content (AvgIpc) is 2.89. The Morgan fingerprint density at radius 1 is 1.00 bits per heavy atom. The normalized spacial score (nSPS) is 17.6. The number of amides is 2. The molecule has 1 aromatic rings. The largest absolute Gasteiger partial charge is 0.344 e. The molecule has 2 rings (SSSR count). The van der Waals surface area contributed by atoms with E-state index in [1.807, 2.05) is 0 Å². The molecule has 2 amide bonds. The zero-order valence-electron chi connectivity index (χ0n) is 10.2. The zero-order chi connectivity index (χ0) is 15.7. The van der Waals surface area contributed by atoms with Crippen LogP contribution in [0.3, 0.4) is 0 Å². The molecule has 0 saturated carbocycles. The van der Waals surface area contributed by atoms with Gasteiger partial charge in [0, 0.05) is 6.42 Å². The molecule has 21 heavy (non-hydrogen) atoms. The summed E-state index contributed by atoms with van der Waals surface area (Å²) in [6, 6.07) is -0.939. The SMILES string of the molecule is O=C1CCC(C(=O)NNc2c(F)c(F)c(F)c(F)c2F)N1. The van der Waals surface area contributed by atoms with Crippen molar-refractivity contribution >= 4 is 17.5 Å². The number of halogens is 5. The smallest absolute Gasteiger partial charge is 0.260 e. The zero-order valence-corrected chi connectivity index (χ0v) is 10.2. The first-order chi connectivity index (χ1) is 9.82. The van der Waals surface area contributed by atoms with Gasteiger partial charge in [-0.2, -0.15) is 0 Å². The molecule has 0 radical (unpaired) electrons. The summed E-state index contributed by atoms with van der Waals surface area (Å²) in [7, 11) is 0. The van der Waals surface area contributed by atoms with Crippen molar-refractivity contribution in [2.24, 2.45) is 0 Å². The molecule has 1 saturated heterocycles. The Labute approximate surface area is 114 Å². The van der Waals surface area contributed by atoms with Crippen molar-refractivity contribution in [2.45, 2.75) is 18.9 Å². The Morgan fingerprint density at radius 2 is 1.52 bits per heavy atom. The first kappa shape index (κ1) is 15.0. The summed E-state index contributed by atoms with van der Waals surface area (Å²) in [5, 5.41) is 2.26. The second kappa shape index (κ2) is 5.54. The number of anilines is 1. The maximum Gasteiger partial charge on any atom is 0.260 e. The maximum atomic E-state index is 13.3. The van der Waals surface area contributed by atoms with Gasteiger partial charge in [0.05, 0.1) is 0 Å². The second-order valence-electron chi connectivity index (χ2n) is 4.22. The molecule has 1 fully saturated rings.